The Morgan fingerprint density at radius 1 is 1.09 bits per heavy atom. The molecule has 8 heteroatoms. The first-order valence-corrected chi connectivity index (χ1v) is 7.51. The fourth-order valence-corrected chi connectivity index (χ4v) is 3.00. The molecule has 122 valence electrons. The van der Waals surface area contributed by atoms with Crippen LogP contribution in [0.15, 0.2) is 12.3 Å². The second-order valence-corrected chi connectivity index (χ2v) is 5.61. The van der Waals surface area contributed by atoms with Gasteiger partial charge in [-0.2, -0.15) is 13.2 Å². The summed E-state index contributed by atoms with van der Waals surface area (Å²) in [7, 11) is 0. The van der Waals surface area contributed by atoms with Gasteiger partial charge in [-0.05, 0) is 18.9 Å². The van der Waals surface area contributed by atoms with E-state index in [-0.39, 0.29) is 5.95 Å². The monoisotopic (exact) mass is 316 g/mol. The fourth-order valence-electron chi connectivity index (χ4n) is 3.00. The highest BCUT2D eigenvalue weighted by molar-refractivity contribution is 5.31. The van der Waals surface area contributed by atoms with Gasteiger partial charge in [0.15, 0.2) is 0 Å². The summed E-state index contributed by atoms with van der Waals surface area (Å²) in [5.41, 5.74) is -0.885. The Bertz CT molecular complexity index is 497. The van der Waals surface area contributed by atoms with E-state index in [1.807, 2.05) is 4.90 Å². The van der Waals surface area contributed by atoms with E-state index in [9.17, 15) is 13.2 Å². The van der Waals surface area contributed by atoms with Crippen LogP contribution in [0.1, 0.15) is 18.5 Å². The molecule has 0 bridgehead atoms. The molecule has 3 heterocycles. The number of hydrogen-bond acceptors (Lipinski definition) is 5. The lowest BCUT2D eigenvalue weighted by atomic mass is 10.1. The van der Waals surface area contributed by atoms with E-state index in [0.717, 1.165) is 45.2 Å². The number of aromatic nitrogens is 2. The molecule has 0 aromatic carbocycles. The molecule has 0 saturated carbocycles. The van der Waals surface area contributed by atoms with Crippen molar-refractivity contribution in [3.63, 3.8) is 0 Å². The van der Waals surface area contributed by atoms with Crippen LogP contribution in [0.25, 0.3) is 0 Å². The molecule has 2 aliphatic rings. The molecule has 0 spiro atoms. The SMILES string of the molecule is FC(F)(F)c1ccnc(N2CCN(C3CCOCC3)CC2)n1. The highest BCUT2D eigenvalue weighted by Gasteiger charge is 2.34. The van der Waals surface area contributed by atoms with Crippen molar-refractivity contribution >= 4 is 5.95 Å². The van der Waals surface area contributed by atoms with Crippen LogP contribution in [-0.2, 0) is 10.9 Å². The van der Waals surface area contributed by atoms with Crippen LogP contribution in [0.5, 0.6) is 0 Å². The summed E-state index contributed by atoms with van der Waals surface area (Å²) in [6.45, 7) is 4.54. The maximum absolute atomic E-state index is 12.7. The Balaban J connectivity index is 1.61. The van der Waals surface area contributed by atoms with Crippen molar-refractivity contribution in [1.82, 2.24) is 14.9 Å². The molecule has 0 atom stereocenters. The van der Waals surface area contributed by atoms with Crippen LogP contribution < -0.4 is 4.90 Å². The Hall–Kier alpha value is -1.41. The number of ether oxygens (including phenoxy) is 1. The molecule has 2 fully saturated rings. The number of rotatable bonds is 2. The Labute approximate surface area is 127 Å². The summed E-state index contributed by atoms with van der Waals surface area (Å²) in [5, 5.41) is 0. The van der Waals surface area contributed by atoms with Crippen molar-refractivity contribution in [3.05, 3.63) is 18.0 Å². The zero-order valence-corrected chi connectivity index (χ0v) is 12.2. The van der Waals surface area contributed by atoms with Crippen LogP contribution in [0, 0.1) is 0 Å². The lowest BCUT2D eigenvalue weighted by Crippen LogP contribution is -2.52. The highest BCUT2D eigenvalue weighted by Crippen LogP contribution is 2.28. The van der Waals surface area contributed by atoms with Gasteiger partial charge in [-0.25, -0.2) is 9.97 Å². The second-order valence-electron chi connectivity index (χ2n) is 5.61. The molecule has 0 unspecified atom stereocenters. The van der Waals surface area contributed by atoms with Gasteiger partial charge >= 0.3 is 6.18 Å². The minimum atomic E-state index is -4.43. The zero-order chi connectivity index (χ0) is 15.6. The maximum Gasteiger partial charge on any atom is 0.433 e. The summed E-state index contributed by atoms with van der Waals surface area (Å²) in [6.07, 6.45) is -1.20. The first-order chi connectivity index (χ1) is 10.5. The first kappa shape index (κ1) is 15.5. The van der Waals surface area contributed by atoms with E-state index < -0.39 is 11.9 Å². The third-order valence-corrected chi connectivity index (χ3v) is 4.24. The van der Waals surface area contributed by atoms with Crippen molar-refractivity contribution in [2.75, 3.05) is 44.3 Å². The van der Waals surface area contributed by atoms with Crippen molar-refractivity contribution in [2.45, 2.75) is 25.1 Å². The quantitative estimate of drug-likeness (QED) is 0.832. The molecule has 2 aliphatic heterocycles. The van der Waals surface area contributed by atoms with Gasteiger partial charge in [-0.15, -0.1) is 0 Å². The lowest BCUT2D eigenvalue weighted by molar-refractivity contribution is -0.141. The van der Waals surface area contributed by atoms with E-state index >= 15 is 0 Å². The summed E-state index contributed by atoms with van der Waals surface area (Å²) < 4.78 is 43.5. The average Bonchev–Trinajstić information content (AvgIpc) is 2.55. The smallest absolute Gasteiger partial charge is 0.381 e. The van der Waals surface area contributed by atoms with Crippen LogP contribution in [0.2, 0.25) is 0 Å². The van der Waals surface area contributed by atoms with Gasteiger partial charge in [0.25, 0.3) is 0 Å². The topological polar surface area (TPSA) is 41.5 Å². The summed E-state index contributed by atoms with van der Waals surface area (Å²) >= 11 is 0. The molecular formula is C14H19F3N4O. The van der Waals surface area contributed by atoms with E-state index in [1.165, 1.54) is 6.20 Å². The Morgan fingerprint density at radius 3 is 2.41 bits per heavy atom. The molecular weight excluding hydrogens is 297 g/mol. The molecule has 0 radical (unpaired) electrons. The van der Waals surface area contributed by atoms with E-state index in [2.05, 4.69) is 14.9 Å². The van der Waals surface area contributed by atoms with Crippen molar-refractivity contribution in [1.29, 1.82) is 0 Å². The van der Waals surface area contributed by atoms with Gasteiger partial charge < -0.3 is 9.64 Å². The number of nitrogens with zero attached hydrogens (tertiary/aromatic N) is 4. The van der Waals surface area contributed by atoms with Crippen LogP contribution in [0.3, 0.4) is 0 Å². The van der Waals surface area contributed by atoms with Crippen molar-refractivity contribution in [2.24, 2.45) is 0 Å². The molecule has 2 saturated heterocycles. The Morgan fingerprint density at radius 2 is 1.77 bits per heavy atom. The van der Waals surface area contributed by atoms with Crippen molar-refractivity contribution in [3.8, 4) is 0 Å². The molecule has 5 nitrogen and oxygen atoms in total. The Kier molecular flexibility index (Phi) is 4.49. The van der Waals surface area contributed by atoms with Gasteiger partial charge in [0.05, 0.1) is 0 Å². The molecule has 3 rings (SSSR count). The fraction of sp³-hybridized carbons (Fsp3) is 0.714. The molecule has 1 aromatic heterocycles. The third kappa shape index (κ3) is 3.49. The highest BCUT2D eigenvalue weighted by atomic mass is 19.4. The summed E-state index contributed by atoms with van der Waals surface area (Å²) in [5.74, 6) is 0.168. The van der Waals surface area contributed by atoms with Gasteiger partial charge in [0.1, 0.15) is 5.69 Å². The first-order valence-electron chi connectivity index (χ1n) is 7.51. The standard InChI is InChI=1S/C14H19F3N4O/c15-14(16,17)12-1-4-18-13(19-12)21-7-5-20(6-8-21)11-2-9-22-10-3-11/h1,4,11H,2-3,5-10H2. The van der Waals surface area contributed by atoms with Gasteiger partial charge in [0, 0.05) is 51.6 Å². The molecule has 0 N–H and O–H groups in total. The number of piperazine rings is 1. The predicted octanol–water partition coefficient (Wildman–Crippen LogP) is 1.80. The van der Waals surface area contributed by atoms with Gasteiger partial charge in [-0.3, -0.25) is 4.90 Å². The minimum absolute atomic E-state index is 0.168. The van der Waals surface area contributed by atoms with Crippen LogP contribution in [-0.4, -0.2) is 60.3 Å². The largest absolute Gasteiger partial charge is 0.433 e. The molecule has 0 aliphatic carbocycles. The average molecular weight is 316 g/mol. The molecule has 0 amide bonds. The van der Waals surface area contributed by atoms with Gasteiger partial charge in [-0.1, -0.05) is 0 Å². The molecule has 22 heavy (non-hydrogen) atoms. The van der Waals surface area contributed by atoms with Crippen LogP contribution >= 0.6 is 0 Å². The third-order valence-electron chi connectivity index (χ3n) is 4.24. The zero-order valence-electron chi connectivity index (χ0n) is 12.2. The molecule has 1 aromatic rings. The maximum atomic E-state index is 12.7. The van der Waals surface area contributed by atoms with Crippen molar-refractivity contribution < 1.29 is 17.9 Å². The summed E-state index contributed by atoms with van der Waals surface area (Å²) in [6, 6.07) is 1.43. The van der Waals surface area contributed by atoms with E-state index in [4.69, 9.17) is 4.74 Å². The lowest BCUT2D eigenvalue weighted by Gasteiger charge is -2.40. The predicted molar refractivity (Wildman–Crippen MR) is 74.7 cm³/mol. The number of hydrogen-bond donors (Lipinski definition) is 0. The second kappa shape index (κ2) is 6.37. The number of anilines is 1. The number of halogens is 3. The van der Waals surface area contributed by atoms with Gasteiger partial charge in [0.2, 0.25) is 5.95 Å². The number of alkyl halides is 3. The normalized spacial score (nSPS) is 22.0. The van der Waals surface area contributed by atoms with Crippen LogP contribution in [0.4, 0.5) is 19.1 Å². The summed E-state index contributed by atoms with van der Waals surface area (Å²) in [4.78, 5) is 11.9. The minimum Gasteiger partial charge on any atom is -0.381 e. The van der Waals surface area contributed by atoms with E-state index in [0.29, 0.717) is 19.1 Å². The van der Waals surface area contributed by atoms with E-state index in [1.54, 1.807) is 0 Å².